The minimum Gasteiger partial charge on any atom is -0.496 e. The average Bonchev–Trinajstić information content (AvgIpc) is 2.25. The summed E-state index contributed by atoms with van der Waals surface area (Å²) < 4.78 is 10.1. The van der Waals surface area contributed by atoms with Gasteiger partial charge in [0.1, 0.15) is 11.4 Å². The molecule has 1 aromatic carbocycles. The van der Waals surface area contributed by atoms with Crippen LogP contribution in [0.15, 0.2) is 18.2 Å². The van der Waals surface area contributed by atoms with Crippen LogP contribution in [-0.4, -0.2) is 24.5 Å². The van der Waals surface area contributed by atoms with Gasteiger partial charge >= 0.3 is 5.97 Å². The highest BCUT2D eigenvalue weighted by atomic mass is 16.6. The van der Waals surface area contributed by atoms with E-state index < -0.39 is 17.4 Å². The van der Waals surface area contributed by atoms with Crippen LogP contribution in [0.2, 0.25) is 0 Å². The Morgan fingerprint density at radius 2 is 1.78 bits per heavy atom. The maximum absolute atomic E-state index is 12.0. The van der Waals surface area contributed by atoms with E-state index in [9.17, 15) is 9.59 Å². The maximum atomic E-state index is 12.0. The van der Waals surface area contributed by atoms with Gasteiger partial charge in [-0.1, -0.05) is 11.6 Å². The van der Waals surface area contributed by atoms with Crippen molar-refractivity contribution >= 4 is 11.8 Å². The van der Waals surface area contributed by atoms with Crippen molar-refractivity contribution in [2.45, 2.75) is 33.3 Å². The average molecular weight is 250 g/mol. The Bertz CT molecular complexity index is 469. The first-order valence-corrected chi connectivity index (χ1v) is 5.67. The lowest BCUT2D eigenvalue weighted by Crippen LogP contribution is -2.29. The highest BCUT2D eigenvalue weighted by molar-refractivity contribution is 6.41. The topological polar surface area (TPSA) is 52.6 Å². The highest BCUT2D eigenvalue weighted by Gasteiger charge is 2.26. The molecule has 0 aliphatic carbocycles. The number of ketones is 1. The normalized spacial score (nSPS) is 10.9. The third-order valence-electron chi connectivity index (χ3n) is 2.18. The molecule has 0 radical (unpaired) electrons. The van der Waals surface area contributed by atoms with E-state index >= 15 is 0 Å². The number of carbonyl (C=O) groups excluding carboxylic acids is 2. The molecule has 0 atom stereocenters. The number of benzene rings is 1. The Morgan fingerprint density at radius 3 is 2.28 bits per heavy atom. The molecule has 0 aromatic heterocycles. The smallest absolute Gasteiger partial charge is 0.380 e. The predicted octanol–water partition coefficient (Wildman–Crippen LogP) is 2.53. The predicted molar refractivity (Wildman–Crippen MR) is 67.9 cm³/mol. The molecule has 4 nitrogen and oxygen atoms in total. The molecule has 0 saturated carbocycles. The summed E-state index contributed by atoms with van der Waals surface area (Å²) >= 11 is 0. The molecule has 0 unspecified atom stereocenters. The summed E-state index contributed by atoms with van der Waals surface area (Å²) in [6, 6.07) is 5.09. The minimum atomic E-state index is -0.869. The first-order valence-electron chi connectivity index (χ1n) is 5.67. The lowest BCUT2D eigenvalue weighted by molar-refractivity contribution is -0.148. The van der Waals surface area contributed by atoms with Crippen molar-refractivity contribution in [3.05, 3.63) is 29.3 Å². The lowest BCUT2D eigenvalue weighted by atomic mass is 10.1. The molecule has 0 spiro atoms. The lowest BCUT2D eigenvalue weighted by Gasteiger charge is -2.19. The second-order valence-electron chi connectivity index (χ2n) is 5.03. The van der Waals surface area contributed by atoms with Gasteiger partial charge in [0, 0.05) is 0 Å². The molecule has 0 aliphatic heterocycles. The molecule has 0 saturated heterocycles. The number of esters is 1. The van der Waals surface area contributed by atoms with Crippen molar-refractivity contribution in [1.82, 2.24) is 0 Å². The second kappa shape index (κ2) is 5.21. The van der Waals surface area contributed by atoms with Gasteiger partial charge < -0.3 is 9.47 Å². The Kier molecular flexibility index (Phi) is 4.11. The van der Waals surface area contributed by atoms with Crippen LogP contribution < -0.4 is 4.74 Å². The fourth-order valence-electron chi connectivity index (χ4n) is 1.43. The summed E-state index contributed by atoms with van der Waals surface area (Å²) in [5.74, 6) is -1.19. The number of hydrogen-bond donors (Lipinski definition) is 0. The van der Waals surface area contributed by atoms with Gasteiger partial charge in [0.15, 0.2) is 0 Å². The van der Waals surface area contributed by atoms with Crippen LogP contribution in [0.1, 0.15) is 36.7 Å². The molecule has 98 valence electrons. The molecule has 0 aliphatic rings. The van der Waals surface area contributed by atoms with Crippen LogP contribution in [0.25, 0.3) is 0 Å². The molecular weight excluding hydrogens is 232 g/mol. The second-order valence-corrected chi connectivity index (χ2v) is 5.03. The van der Waals surface area contributed by atoms with Crippen molar-refractivity contribution in [3.63, 3.8) is 0 Å². The van der Waals surface area contributed by atoms with E-state index in [0.717, 1.165) is 5.56 Å². The molecule has 0 N–H and O–H groups in total. The molecule has 4 heteroatoms. The molecule has 0 fully saturated rings. The molecule has 0 heterocycles. The molecule has 1 aromatic rings. The number of rotatable bonds is 3. The number of methoxy groups -OCH3 is 1. The Labute approximate surface area is 107 Å². The van der Waals surface area contributed by atoms with Crippen LogP contribution in [-0.2, 0) is 9.53 Å². The largest absolute Gasteiger partial charge is 0.496 e. The zero-order chi connectivity index (χ0) is 13.9. The van der Waals surface area contributed by atoms with Crippen LogP contribution >= 0.6 is 0 Å². The number of ether oxygens (including phenoxy) is 2. The van der Waals surface area contributed by atoms with Crippen molar-refractivity contribution in [3.8, 4) is 5.75 Å². The van der Waals surface area contributed by atoms with E-state index in [-0.39, 0.29) is 5.56 Å². The molecular formula is C14H18O4. The first-order chi connectivity index (χ1) is 8.24. The van der Waals surface area contributed by atoms with Gasteiger partial charge in [0.2, 0.25) is 0 Å². The highest BCUT2D eigenvalue weighted by Crippen LogP contribution is 2.21. The van der Waals surface area contributed by atoms with Crippen molar-refractivity contribution in [2.24, 2.45) is 0 Å². The number of carbonyl (C=O) groups is 2. The summed E-state index contributed by atoms with van der Waals surface area (Å²) in [5, 5.41) is 0. The zero-order valence-corrected chi connectivity index (χ0v) is 11.4. The van der Waals surface area contributed by atoms with E-state index in [1.165, 1.54) is 7.11 Å². The van der Waals surface area contributed by atoms with Crippen molar-refractivity contribution < 1.29 is 19.1 Å². The van der Waals surface area contributed by atoms with Crippen molar-refractivity contribution in [1.29, 1.82) is 0 Å². The minimum absolute atomic E-state index is 0.228. The monoisotopic (exact) mass is 250 g/mol. The fourth-order valence-corrected chi connectivity index (χ4v) is 1.43. The van der Waals surface area contributed by atoms with Crippen LogP contribution in [0.4, 0.5) is 0 Å². The van der Waals surface area contributed by atoms with Gasteiger partial charge in [-0.05, 0) is 39.8 Å². The van der Waals surface area contributed by atoms with Gasteiger partial charge in [0.25, 0.3) is 5.78 Å². The fraction of sp³-hybridized carbons (Fsp3) is 0.429. The molecule has 1 rings (SSSR count). The van der Waals surface area contributed by atoms with E-state index in [1.54, 1.807) is 32.9 Å². The van der Waals surface area contributed by atoms with Gasteiger partial charge in [-0.15, -0.1) is 0 Å². The quantitative estimate of drug-likeness (QED) is 0.470. The Hall–Kier alpha value is -1.84. The Morgan fingerprint density at radius 1 is 1.17 bits per heavy atom. The first kappa shape index (κ1) is 14.2. The molecule has 0 amide bonds. The van der Waals surface area contributed by atoms with Crippen LogP contribution in [0.5, 0.6) is 5.75 Å². The summed E-state index contributed by atoms with van der Waals surface area (Å²) in [5.41, 5.74) is 0.415. The van der Waals surface area contributed by atoms with Gasteiger partial charge in [-0.2, -0.15) is 0 Å². The van der Waals surface area contributed by atoms with E-state index in [2.05, 4.69) is 0 Å². The summed E-state index contributed by atoms with van der Waals surface area (Å²) in [6.07, 6.45) is 0. The molecule has 0 bridgehead atoms. The standard InChI is InChI=1S/C14H18O4/c1-9-6-7-11(17-5)10(8-9)12(15)13(16)18-14(2,3)4/h6-8H,1-5H3. The van der Waals surface area contributed by atoms with Crippen LogP contribution in [0.3, 0.4) is 0 Å². The van der Waals surface area contributed by atoms with E-state index in [0.29, 0.717) is 5.75 Å². The number of Topliss-reactive ketones (excluding diaryl/α,β-unsaturated/α-hetero) is 1. The summed E-state index contributed by atoms with van der Waals surface area (Å²) in [4.78, 5) is 23.7. The zero-order valence-electron chi connectivity index (χ0n) is 11.4. The third kappa shape index (κ3) is 3.58. The van der Waals surface area contributed by atoms with Crippen molar-refractivity contribution in [2.75, 3.05) is 7.11 Å². The van der Waals surface area contributed by atoms with Crippen LogP contribution in [0, 0.1) is 6.92 Å². The SMILES string of the molecule is COc1ccc(C)cc1C(=O)C(=O)OC(C)(C)C. The third-order valence-corrected chi connectivity index (χ3v) is 2.18. The molecule has 18 heavy (non-hydrogen) atoms. The number of aryl methyl sites for hydroxylation is 1. The Balaban J connectivity index is 3.03. The van der Waals surface area contributed by atoms with Gasteiger partial charge in [-0.3, -0.25) is 4.79 Å². The maximum Gasteiger partial charge on any atom is 0.380 e. The summed E-state index contributed by atoms with van der Waals surface area (Å²) in [6.45, 7) is 6.98. The number of hydrogen-bond acceptors (Lipinski definition) is 4. The van der Waals surface area contributed by atoms with Gasteiger partial charge in [0.05, 0.1) is 12.7 Å². The summed E-state index contributed by atoms with van der Waals surface area (Å²) in [7, 11) is 1.45. The van der Waals surface area contributed by atoms with Gasteiger partial charge in [-0.25, -0.2) is 4.79 Å². The van der Waals surface area contributed by atoms with E-state index in [4.69, 9.17) is 9.47 Å². The van der Waals surface area contributed by atoms with E-state index in [1.807, 2.05) is 13.0 Å².